The van der Waals surface area contributed by atoms with E-state index >= 15 is 0 Å². The third kappa shape index (κ3) is 1.02. The maximum Gasteiger partial charge on any atom is 0.120 e. The van der Waals surface area contributed by atoms with Gasteiger partial charge in [-0.25, -0.2) is 0 Å². The van der Waals surface area contributed by atoms with Crippen LogP contribution in [0.15, 0.2) is 18.2 Å². The van der Waals surface area contributed by atoms with E-state index in [9.17, 15) is 5.11 Å². The Balaban J connectivity index is 2.48. The first kappa shape index (κ1) is 7.43. The molecular formula is C9H12N2O. The van der Waals surface area contributed by atoms with E-state index in [1.807, 2.05) is 0 Å². The zero-order valence-corrected chi connectivity index (χ0v) is 6.75. The molecule has 3 heteroatoms. The van der Waals surface area contributed by atoms with Crippen LogP contribution in [0.2, 0.25) is 0 Å². The van der Waals surface area contributed by atoms with E-state index < -0.39 is 0 Å². The molecule has 64 valence electrons. The maximum atomic E-state index is 9.48. The summed E-state index contributed by atoms with van der Waals surface area (Å²) in [5.74, 6) is 0.254. The predicted octanol–water partition coefficient (Wildman–Crippen LogP) is 0.922. The van der Waals surface area contributed by atoms with Crippen molar-refractivity contribution in [3.8, 4) is 5.75 Å². The minimum Gasteiger partial charge on any atom is -0.508 e. The van der Waals surface area contributed by atoms with Crippen LogP contribution in [0.25, 0.3) is 0 Å². The quantitative estimate of drug-likeness (QED) is 0.427. The van der Waals surface area contributed by atoms with Gasteiger partial charge >= 0.3 is 0 Å². The lowest BCUT2D eigenvalue weighted by Gasteiger charge is -2.11. The van der Waals surface area contributed by atoms with Gasteiger partial charge in [-0.3, -0.25) is 0 Å². The second-order valence-electron chi connectivity index (χ2n) is 3.43. The van der Waals surface area contributed by atoms with E-state index in [0.717, 1.165) is 18.4 Å². The van der Waals surface area contributed by atoms with E-state index in [-0.39, 0.29) is 11.3 Å². The van der Waals surface area contributed by atoms with Crippen molar-refractivity contribution >= 4 is 5.69 Å². The molecule has 0 bridgehead atoms. The number of nitrogens with two attached hydrogens (primary N) is 2. The first-order valence-electron chi connectivity index (χ1n) is 4.00. The third-order valence-electron chi connectivity index (χ3n) is 2.35. The molecule has 0 spiro atoms. The standard InChI is InChI=1S/C9H12N2O/c10-6-1-2-8(12)7(5-6)9(11)3-4-9/h1-2,5,12H,3-4,10-11H2. The van der Waals surface area contributed by atoms with E-state index in [1.165, 1.54) is 0 Å². The zero-order valence-electron chi connectivity index (χ0n) is 6.75. The molecule has 5 N–H and O–H groups in total. The monoisotopic (exact) mass is 164 g/mol. The average molecular weight is 164 g/mol. The molecule has 0 saturated heterocycles. The topological polar surface area (TPSA) is 72.3 Å². The summed E-state index contributed by atoms with van der Waals surface area (Å²) in [5, 5.41) is 9.48. The fourth-order valence-corrected chi connectivity index (χ4v) is 1.36. The highest BCUT2D eigenvalue weighted by molar-refractivity contribution is 5.51. The first-order chi connectivity index (χ1) is 5.62. The fourth-order valence-electron chi connectivity index (χ4n) is 1.36. The molecule has 1 aromatic rings. The zero-order chi connectivity index (χ0) is 8.77. The molecule has 0 unspecified atom stereocenters. The van der Waals surface area contributed by atoms with Crippen molar-refractivity contribution in [2.45, 2.75) is 18.4 Å². The lowest BCUT2D eigenvalue weighted by atomic mass is 10.0. The fraction of sp³-hybridized carbons (Fsp3) is 0.333. The Bertz CT molecular complexity index is 318. The molecule has 1 saturated carbocycles. The van der Waals surface area contributed by atoms with Gasteiger partial charge < -0.3 is 16.6 Å². The van der Waals surface area contributed by atoms with Crippen molar-refractivity contribution in [1.82, 2.24) is 0 Å². The number of anilines is 1. The summed E-state index contributed by atoms with van der Waals surface area (Å²) in [4.78, 5) is 0. The Labute approximate surface area is 71.0 Å². The molecule has 1 aliphatic carbocycles. The third-order valence-corrected chi connectivity index (χ3v) is 2.35. The molecule has 0 aromatic heterocycles. The highest BCUT2D eigenvalue weighted by atomic mass is 16.3. The minimum absolute atomic E-state index is 0.254. The second kappa shape index (κ2) is 2.14. The van der Waals surface area contributed by atoms with E-state index in [1.54, 1.807) is 18.2 Å². The van der Waals surface area contributed by atoms with Crippen LogP contribution in [-0.4, -0.2) is 5.11 Å². The number of phenols is 1. The predicted molar refractivity (Wildman–Crippen MR) is 47.6 cm³/mol. The van der Waals surface area contributed by atoms with Crippen LogP contribution >= 0.6 is 0 Å². The van der Waals surface area contributed by atoms with Crippen molar-refractivity contribution < 1.29 is 5.11 Å². The van der Waals surface area contributed by atoms with Crippen molar-refractivity contribution in [2.24, 2.45) is 5.73 Å². The molecule has 1 fully saturated rings. The Morgan fingerprint density at radius 2 is 2.00 bits per heavy atom. The van der Waals surface area contributed by atoms with Crippen LogP contribution in [0.1, 0.15) is 18.4 Å². The van der Waals surface area contributed by atoms with Gasteiger partial charge in [0.05, 0.1) is 0 Å². The van der Waals surface area contributed by atoms with Gasteiger partial charge in [0.25, 0.3) is 0 Å². The molecule has 0 atom stereocenters. The summed E-state index contributed by atoms with van der Waals surface area (Å²) >= 11 is 0. The molecule has 2 rings (SSSR count). The van der Waals surface area contributed by atoms with Crippen LogP contribution in [0.3, 0.4) is 0 Å². The molecule has 0 aliphatic heterocycles. The Morgan fingerprint density at radius 3 is 2.58 bits per heavy atom. The van der Waals surface area contributed by atoms with E-state index in [0.29, 0.717) is 5.69 Å². The van der Waals surface area contributed by atoms with E-state index in [2.05, 4.69) is 0 Å². The average Bonchev–Trinajstić information content (AvgIpc) is 2.75. The minimum atomic E-state index is -0.306. The lowest BCUT2D eigenvalue weighted by Crippen LogP contribution is -2.18. The highest BCUT2D eigenvalue weighted by Gasteiger charge is 2.41. The molecule has 1 aliphatic rings. The Kier molecular flexibility index (Phi) is 1.32. The summed E-state index contributed by atoms with van der Waals surface area (Å²) in [6.45, 7) is 0. The summed E-state index contributed by atoms with van der Waals surface area (Å²) in [5.41, 5.74) is 12.6. The van der Waals surface area contributed by atoms with Crippen molar-refractivity contribution in [3.05, 3.63) is 23.8 Å². The van der Waals surface area contributed by atoms with Gasteiger partial charge in [-0.2, -0.15) is 0 Å². The second-order valence-corrected chi connectivity index (χ2v) is 3.43. The molecule has 0 radical (unpaired) electrons. The lowest BCUT2D eigenvalue weighted by molar-refractivity contribution is 0.460. The summed E-state index contributed by atoms with van der Waals surface area (Å²) in [7, 11) is 0. The van der Waals surface area contributed by atoms with Crippen LogP contribution in [0.4, 0.5) is 5.69 Å². The number of hydrogen-bond donors (Lipinski definition) is 3. The Hall–Kier alpha value is -1.22. The number of hydrogen-bond acceptors (Lipinski definition) is 3. The number of aromatic hydroxyl groups is 1. The highest BCUT2D eigenvalue weighted by Crippen LogP contribution is 2.46. The SMILES string of the molecule is Nc1ccc(O)c(C2(N)CC2)c1. The van der Waals surface area contributed by atoms with Crippen LogP contribution in [0, 0.1) is 0 Å². The van der Waals surface area contributed by atoms with Gasteiger partial charge in [-0.1, -0.05) is 0 Å². The number of phenolic OH excluding ortho intramolecular Hbond substituents is 1. The van der Waals surface area contributed by atoms with Crippen LogP contribution in [0.5, 0.6) is 5.75 Å². The van der Waals surface area contributed by atoms with Gasteiger partial charge in [-0.05, 0) is 31.0 Å². The Morgan fingerprint density at radius 1 is 1.33 bits per heavy atom. The van der Waals surface area contributed by atoms with Gasteiger partial charge in [0, 0.05) is 16.8 Å². The number of rotatable bonds is 1. The normalized spacial score (nSPS) is 19.1. The largest absolute Gasteiger partial charge is 0.508 e. The molecule has 3 nitrogen and oxygen atoms in total. The first-order valence-corrected chi connectivity index (χ1v) is 4.00. The van der Waals surface area contributed by atoms with Crippen LogP contribution in [-0.2, 0) is 5.54 Å². The summed E-state index contributed by atoms with van der Waals surface area (Å²) in [6, 6.07) is 5.02. The summed E-state index contributed by atoms with van der Waals surface area (Å²) < 4.78 is 0. The number of nitrogen functional groups attached to an aromatic ring is 1. The molecule has 0 amide bonds. The maximum absolute atomic E-state index is 9.48. The van der Waals surface area contributed by atoms with E-state index in [4.69, 9.17) is 11.5 Å². The molecule has 12 heavy (non-hydrogen) atoms. The summed E-state index contributed by atoms with van der Waals surface area (Å²) in [6.07, 6.45) is 1.87. The van der Waals surface area contributed by atoms with Crippen molar-refractivity contribution in [3.63, 3.8) is 0 Å². The van der Waals surface area contributed by atoms with Gasteiger partial charge in [-0.15, -0.1) is 0 Å². The molecular weight excluding hydrogens is 152 g/mol. The van der Waals surface area contributed by atoms with Gasteiger partial charge in [0.15, 0.2) is 0 Å². The van der Waals surface area contributed by atoms with Crippen LogP contribution < -0.4 is 11.5 Å². The van der Waals surface area contributed by atoms with Crippen molar-refractivity contribution in [2.75, 3.05) is 5.73 Å². The van der Waals surface area contributed by atoms with Gasteiger partial charge in [0.2, 0.25) is 0 Å². The van der Waals surface area contributed by atoms with Gasteiger partial charge in [0.1, 0.15) is 5.75 Å². The van der Waals surface area contributed by atoms with Crippen molar-refractivity contribution in [1.29, 1.82) is 0 Å². The number of benzene rings is 1. The molecule has 0 heterocycles. The smallest absolute Gasteiger partial charge is 0.120 e. The molecule has 1 aromatic carbocycles.